The van der Waals surface area contributed by atoms with Crippen molar-refractivity contribution in [2.45, 2.75) is 62.5 Å². The lowest BCUT2D eigenvalue weighted by molar-refractivity contribution is -0.141. The molecule has 2 aliphatic rings. The summed E-state index contributed by atoms with van der Waals surface area (Å²) in [4.78, 5) is 17.8. The van der Waals surface area contributed by atoms with E-state index in [-0.39, 0.29) is 31.3 Å². The molecule has 0 atom stereocenters. The maximum absolute atomic E-state index is 13.4. The number of alkyl halides is 3. The Morgan fingerprint density at radius 1 is 1.19 bits per heavy atom. The van der Waals surface area contributed by atoms with Gasteiger partial charge in [-0.1, -0.05) is 0 Å². The van der Waals surface area contributed by atoms with Crippen LogP contribution in [0.3, 0.4) is 0 Å². The van der Waals surface area contributed by atoms with Gasteiger partial charge in [-0.2, -0.15) is 23.5 Å². The van der Waals surface area contributed by atoms with E-state index in [1.807, 2.05) is 23.1 Å². The van der Waals surface area contributed by atoms with Crippen LogP contribution in [0.5, 0.6) is 5.88 Å². The van der Waals surface area contributed by atoms with Crippen molar-refractivity contribution in [3.8, 4) is 23.2 Å². The maximum Gasteiger partial charge on any atom is 0.433 e. The summed E-state index contributed by atoms with van der Waals surface area (Å²) in [6.45, 7) is 1.07. The van der Waals surface area contributed by atoms with E-state index in [2.05, 4.69) is 41.3 Å². The highest BCUT2D eigenvalue weighted by molar-refractivity contribution is 5.90. The number of hydrogen-bond donors (Lipinski definition) is 3. The van der Waals surface area contributed by atoms with E-state index in [1.54, 1.807) is 6.20 Å². The Morgan fingerprint density at radius 3 is 2.74 bits per heavy atom. The summed E-state index contributed by atoms with van der Waals surface area (Å²) in [6.07, 6.45) is 5.53. The molecule has 4 aromatic rings. The predicted octanol–water partition coefficient (Wildman–Crippen LogP) is 3.59. The minimum atomic E-state index is -4.60. The van der Waals surface area contributed by atoms with Crippen molar-refractivity contribution >= 4 is 11.0 Å². The lowest BCUT2D eigenvalue weighted by Crippen LogP contribution is -2.65. The lowest BCUT2D eigenvalue weighted by atomic mass is 9.82. The molecule has 3 N–H and O–H groups in total. The van der Waals surface area contributed by atoms with Crippen molar-refractivity contribution in [2.75, 3.05) is 19.8 Å². The topological polar surface area (TPSA) is 141 Å². The Bertz CT molecular complexity index is 1580. The molecule has 1 aliphatic carbocycles. The molecule has 1 saturated heterocycles. The number of aromatic nitrogens is 6. The van der Waals surface area contributed by atoms with Gasteiger partial charge in [0.25, 0.3) is 0 Å². The van der Waals surface area contributed by atoms with Crippen LogP contribution in [0.2, 0.25) is 0 Å². The number of likely N-dealkylation sites (tertiary alicyclic amines) is 1. The fourth-order valence-corrected chi connectivity index (χ4v) is 6.03. The number of halogens is 3. The van der Waals surface area contributed by atoms with Gasteiger partial charge in [-0.25, -0.2) is 15.0 Å². The lowest BCUT2D eigenvalue weighted by Gasteiger charge is -2.53. The maximum atomic E-state index is 13.4. The van der Waals surface area contributed by atoms with E-state index in [4.69, 9.17) is 9.84 Å². The van der Waals surface area contributed by atoms with Crippen LogP contribution in [0, 0.1) is 11.3 Å². The molecule has 0 unspecified atom stereocenters. The number of nitrogens with zero attached hydrogens (tertiary/aromatic N) is 7. The molecule has 0 spiro atoms. The monoisotopic (exact) mass is 581 g/mol. The fraction of sp³-hybridized carbons (Fsp3) is 0.464. The second-order valence-corrected chi connectivity index (χ2v) is 10.9. The summed E-state index contributed by atoms with van der Waals surface area (Å²) in [7, 11) is 0. The average Bonchev–Trinajstić information content (AvgIpc) is 3.64. The smallest absolute Gasteiger partial charge is 0.433 e. The minimum Gasteiger partial charge on any atom is -0.474 e. The molecule has 220 valence electrons. The Balaban J connectivity index is 1.09. The van der Waals surface area contributed by atoms with Crippen molar-refractivity contribution in [1.29, 1.82) is 5.26 Å². The second kappa shape index (κ2) is 11.3. The molecule has 0 amide bonds. The number of nitriles is 1. The average molecular weight is 582 g/mol. The first kappa shape index (κ1) is 28.1. The molecule has 4 aromatic heterocycles. The van der Waals surface area contributed by atoms with Crippen LogP contribution in [0.15, 0.2) is 43.1 Å². The number of ether oxygens (including phenoxy) is 1. The Labute approximate surface area is 239 Å². The van der Waals surface area contributed by atoms with Gasteiger partial charge >= 0.3 is 6.18 Å². The van der Waals surface area contributed by atoms with Gasteiger partial charge in [0, 0.05) is 55.1 Å². The van der Waals surface area contributed by atoms with Crippen LogP contribution in [0.1, 0.15) is 43.4 Å². The van der Waals surface area contributed by atoms with E-state index in [1.165, 1.54) is 12.4 Å². The number of hydrogen-bond acceptors (Lipinski definition) is 9. The largest absolute Gasteiger partial charge is 0.474 e. The van der Waals surface area contributed by atoms with Crippen molar-refractivity contribution in [3.63, 3.8) is 0 Å². The molecule has 0 radical (unpaired) electrons. The SMILES string of the molecule is N#CCC1(n2cc(-c3ncnc4[nH]ccc34)cn2)CN([C@H]2CC[C@@H](Oc3cc(CNCO)cc(C(F)(F)F)n3)CC2)C1. The molecule has 14 heteroatoms. The molecule has 5 heterocycles. The Kier molecular flexibility index (Phi) is 7.56. The first-order chi connectivity index (χ1) is 20.3. The summed E-state index contributed by atoms with van der Waals surface area (Å²) in [6, 6.07) is 6.98. The van der Waals surface area contributed by atoms with E-state index in [9.17, 15) is 18.4 Å². The molecule has 2 fully saturated rings. The van der Waals surface area contributed by atoms with Crippen molar-refractivity contribution < 1.29 is 23.0 Å². The third-order valence-corrected chi connectivity index (χ3v) is 8.14. The van der Waals surface area contributed by atoms with E-state index < -0.39 is 17.4 Å². The van der Waals surface area contributed by atoms with E-state index in [0.29, 0.717) is 37.9 Å². The highest BCUT2D eigenvalue weighted by atomic mass is 19.4. The molecular formula is C28H30F3N9O2. The number of pyridine rings is 1. The number of rotatable bonds is 9. The van der Waals surface area contributed by atoms with Gasteiger partial charge in [-0.15, -0.1) is 0 Å². The molecule has 1 saturated carbocycles. The van der Waals surface area contributed by atoms with Crippen LogP contribution >= 0.6 is 0 Å². The van der Waals surface area contributed by atoms with Gasteiger partial charge in [0.15, 0.2) is 0 Å². The first-order valence-electron chi connectivity index (χ1n) is 13.8. The van der Waals surface area contributed by atoms with Crippen molar-refractivity contribution in [2.24, 2.45) is 0 Å². The van der Waals surface area contributed by atoms with Crippen LogP contribution in [-0.4, -0.2) is 71.7 Å². The summed E-state index contributed by atoms with van der Waals surface area (Å²) in [5.74, 6) is -0.0601. The van der Waals surface area contributed by atoms with Crippen LogP contribution in [-0.2, 0) is 18.3 Å². The van der Waals surface area contributed by atoms with Crippen LogP contribution in [0.25, 0.3) is 22.3 Å². The molecule has 11 nitrogen and oxygen atoms in total. The van der Waals surface area contributed by atoms with Gasteiger partial charge in [0.05, 0.1) is 31.1 Å². The third kappa shape index (κ3) is 5.55. The summed E-state index contributed by atoms with van der Waals surface area (Å²) >= 11 is 0. The molecule has 42 heavy (non-hydrogen) atoms. The van der Waals surface area contributed by atoms with Gasteiger partial charge in [-0.05, 0) is 43.4 Å². The van der Waals surface area contributed by atoms with E-state index >= 15 is 0 Å². The van der Waals surface area contributed by atoms with E-state index in [0.717, 1.165) is 41.2 Å². The third-order valence-electron chi connectivity index (χ3n) is 8.14. The first-order valence-corrected chi connectivity index (χ1v) is 13.8. The van der Waals surface area contributed by atoms with Crippen molar-refractivity contribution in [1.82, 2.24) is 39.9 Å². The number of aromatic amines is 1. The second-order valence-electron chi connectivity index (χ2n) is 10.9. The van der Waals surface area contributed by atoms with Crippen molar-refractivity contribution in [3.05, 3.63) is 54.4 Å². The number of aliphatic hydroxyl groups is 1. The Morgan fingerprint density at radius 2 is 2.00 bits per heavy atom. The molecular weight excluding hydrogens is 551 g/mol. The van der Waals surface area contributed by atoms with Crippen LogP contribution < -0.4 is 10.1 Å². The quantitative estimate of drug-likeness (QED) is 0.253. The van der Waals surface area contributed by atoms with Gasteiger partial charge < -0.3 is 14.8 Å². The van der Waals surface area contributed by atoms with Gasteiger partial charge in [0.1, 0.15) is 29.3 Å². The highest BCUT2D eigenvalue weighted by Crippen LogP contribution is 2.39. The number of nitrogens with one attached hydrogen (secondary N) is 2. The standard InChI is InChI=1S/C28H30F3N9O2/c29-28(30,31)23-9-18(11-33-17-41)10-24(38-23)42-21-3-1-20(2-4-21)39-14-27(15-39,6-7-32)40-13-19(12-37-40)25-22-5-8-34-26(22)36-16-35-25/h5,8-10,12-13,16,20-21,33,41H,1-4,6,11,14-15,17H2,(H,34,35,36)/t20-,21+. The van der Waals surface area contributed by atoms with Gasteiger partial charge in [0.2, 0.25) is 5.88 Å². The number of aliphatic hydroxyl groups excluding tert-OH is 1. The highest BCUT2D eigenvalue weighted by Gasteiger charge is 2.48. The zero-order valence-electron chi connectivity index (χ0n) is 22.7. The van der Waals surface area contributed by atoms with Crippen LogP contribution in [0.4, 0.5) is 13.2 Å². The molecule has 1 aliphatic heterocycles. The fourth-order valence-electron chi connectivity index (χ4n) is 6.03. The van der Waals surface area contributed by atoms with Gasteiger partial charge in [-0.3, -0.25) is 14.9 Å². The summed E-state index contributed by atoms with van der Waals surface area (Å²) in [5, 5.41) is 26.7. The molecule has 6 rings (SSSR count). The zero-order valence-corrected chi connectivity index (χ0v) is 22.7. The molecule has 0 aromatic carbocycles. The number of H-pyrrole nitrogens is 1. The minimum absolute atomic E-state index is 0.0601. The number of fused-ring (bicyclic) bond motifs is 1. The zero-order chi connectivity index (χ0) is 29.3. The normalized spacial score (nSPS) is 20.7. The molecule has 0 bridgehead atoms. The summed E-state index contributed by atoms with van der Waals surface area (Å²) in [5.41, 5.74) is 1.26. The predicted molar refractivity (Wildman–Crippen MR) is 145 cm³/mol. The summed E-state index contributed by atoms with van der Waals surface area (Å²) < 4.78 is 48.0. The Hall–Kier alpha value is -4.06.